The van der Waals surface area contributed by atoms with Crippen molar-refractivity contribution in [2.24, 2.45) is 0 Å². The summed E-state index contributed by atoms with van der Waals surface area (Å²) in [6.45, 7) is 0. The van der Waals surface area contributed by atoms with Gasteiger partial charge in [-0.3, -0.25) is 14.9 Å². The second-order valence-electron chi connectivity index (χ2n) is 2.76. The van der Waals surface area contributed by atoms with Gasteiger partial charge in [0.25, 0.3) is 10.9 Å². The molecule has 80 valence electrons. The van der Waals surface area contributed by atoms with E-state index in [1.165, 1.54) is 24.3 Å². The van der Waals surface area contributed by atoms with Crippen LogP contribution in [0.4, 0.5) is 5.69 Å². The standard InChI is InChI=1S/C10H5ClN2O3/c11-10(14)9-4-3-8(13(15)16)6-7(9)2-1-5-12/h1-4,6H. The molecule has 0 saturated carbocycles. The van der Waals surface area contributed by atoms with Crippen molar-refractivity contribution in [3.05, 3.63) is 45.5 Å². The predicted octanol–water partition coefficient (Wildman–Crippen LogP) is 2.51. The SMILES string of the molecule is N#CC=Cc1cc([N+](=O)[O-])ccc1C(=O)Cl. The van der Waals surface area contributed by atoms with E-state index in [-0.39, 0.29) is 16.8 Å². The third-order valence-electron chi connectivity index (χ3n) is 1.80. The fraction of sp³-hybridized carbons (Fsp3) is 0. The Morgan fingerprint density at radius 1 is 1.56 bits per heavy atom. The molecule has 5 nitrogen and oxygen atoms in total. The molecule has 16 heavy (non-hydrogen) atoms. The zero-order valence-electron chi connectivity index (χ0n) is 7.88. The smallest absolute Gasteiger partial charge is 0.270 e. The van der Waals surface area contributed by atoms with Crippen molar-refractivity contribution in [1.82, 2.24) is 0 Å². The number of rotatable bonds is 3. The number of non-ortho nitro benzene ring substituents is 1. The maximum atomic E-state index is 11.0. The summed E-state index contributed by atoms with van der Waals surface area (Å²) >= 11 is 5.29. The molecule has 0 aliphatic carbocycles. The highest BCUT2D eigenvalue weighted by atomic mass is 35.5. The normalized spacial score (nSPS) is 10.0. The molecule has 6 heteroatoms. The number of hydrogen-bond acceptors (Lipinski definition) is 4. The van der Waals surface area contributed by atoms with E-state index in [9.17, 15) is 14.9 Å². The van der Waals surface area contributed by atoms with Crippen molar-refractivity contribution in [2.45, 2.75) is 0 Å². The number of halogens is 1. The van der Waals surface area contributed by atoms with Gasteiger partial charge in [-0.25, -0.2) is 0 Å². The molecule has 0 heterocycles. The maximum Gasteiger partial charge on any atom is 0.270 e. The summed E-state index contributed by atoms with van der Waals surface area (Å²) in [5.41, 5.74) is 0.203. The van der Waals surface area contributed by atoms with Gasteiger partial charge in [-0.05, 0) is 29.3 Å². The molecule has 0 spiro atoms. The van der Waals surface area contributed by atoms with E-state index in [2.05, 4.69) is 0 Å². The van der Waals surface area contributed by atoms with Crippen LogP contribution < -0.4 is 0 Å². The van der Waals surface area contributed by atoms with Gasteiger partial charge in [0.1, 0.15) is 0 Å². The molecule has 0 amide bonds. The molecule has 0 saturated heterocycles. The first-order chi connectivity index (χ1) is 7.56. The topological polar surface area (TPSA) is 84.0 Å². The Morgan fingerprint density at radius 3 is 2.75 bits per heavy atom. The zero-order chi connectivity index (χ0) is 12.1. The molecule has 0 atom stereocenters. The van der Waals surface area contributed by atoms with Gasteiger partial charge in [0.05, 0.1) is 11.0 Å². The molecular weight excluding hydrogens is 232 g/mol. The highest BCUT2D eigenvalue weighted by Gasteiger charge is 2.12. The first kappa shape index (κ1) is 11.9. The Bertz CT molecular complexity index is 517. The Hall–Kier alpha value is -2.19. The van der Waals surface area contributed by atoms with E-state index >= 15 is 0 Å². The second-order valence-corrected chi connectivity index (χ2v) is 3.11. The van der Waals surface area contributed by atoms with Crippen LogP contribution in [0.1, 0.15) is 15.9 Å². The lowest BCUT2D eigenvalue weighted by molar-refractivity contribution is -0.384. The molecule has 1 aromatic rings. The Kier molecular flexibility index (Phi) is 3.75. The molecule has 0 aromatic heterocycles. The van der Waals surface area contributed by atoms with Crippen LogP contribution in [0.2, 0.25) is 0 Å². The minimum absolute atomic E-state index is 0.124. The lowest BCUT2D eigenvalue weighted by atomic mass is 10.1. The number of nitro benzene ring substituents is 1. The number of nitro groups is 1. The van der Waals surface area contributed by atoms with Crippen molar-refractivity contribution < 1.29 is 9.72 Å². The van der Waals surface area contributed by atoms with Crippen molar-refractivity contribution in [3.63, 3.8) is 0 Å². The van der Waals surface area contributed by atoms with Crippen molar-refractivity contribution in [1.29, 1.82) is 5.26 Å². The lowest BCUT2D eigenvalue weighted by Crippen LogP contribution is -1.96. The van der Waals surface area contributed by atoms with Crippen LogP contribution in [0.15, 0.2) is 24.3 Å². The molecule has 0 aliphatic heterocycles. The summed E-state index contributed by atoms with van der Waals surface area (Å²) in [7, 11) is 0. The minimum Gasteiger partial charge on any atom is -0.276 e. The van der Waals surface area contributed by atoms with Gasteiger partial charge in [-0.1, -0.05) is 0 Å². The fourth-order valence-electron chi connectivity index (χ4n) is 1.11. The van der Waals surface area contributed by atoms with Crippen molar-refractivity contribution >= 4 is 28.6 Å². The zero-order valence-corrected chi connectivity index (χ0v) is 8.64. The highest BCUT2D eigenvalue weighted by molar-refractivity contribution is 6.68. The van der Waals surface area contributed by atoms with E-state index in [4.69, 9.17) is 16.9 Å². The Labute approximate surface area is 95.7 Å². The van der Waals surface area contributed by atoms with E-state index in [0.717, 1.165) is 6.08 Å². The number of carbonyl (C=O) groups excluding carboxylic acids is 1. The van der Waals surface area contributed by atoms with Crippen LogP contribution >= 0.6 is 11.6 Å². The molecule has 0 bridgehead atoms. The van der Waals surface area contributed by atoms with Gasteiger partial charge in [0.15, 0.2) is 0 Å². The van der Waals surface area contributed by atoms with Crippen LogP contribution in [0.5, 0.6) is 0 Å². The second kappa shape index (κ2) is 5.05. The van der Waals surface area contributed by atoms with E-state index in [1.54, 1.807) is 6.07 Å². The number of benzene rings is 1. The average molecular weight is 237 g/mol. The Morgan fingerprint density at radius 2 is 2.25 bits per heavy atom. The third-order valence-corrected chi connectivity index (χ3v) is 2.00. The van der Waals surface area contributed by atoms with Gasteiger partial charge in [-0.2, -0.15) is 5.26 Å². The van der Waals surface area contributed by atoms with Crippen molar-refractivity contribution in [2.75, 3.05) is 0 Å². The molecule has 1 aromatic carbocycles. The van der Waals surface area contributed by atoms with Crippen LogP contribution in [0.3, 0.4) is 0 Å². The average Bonchev–Trinajstić information content (AvgIpc) is 2.25. The molecule has 0 unspecified atom stereocenters. The van der Waals surface area contributed by atoms with Crippen LogP contribution in [-0.4, -0.2) is 10.2 Å². The Balaban J connectivity index is 3.33. The number of nitrogens with zero attached hydrogens (tertiary/aromatic N) is 2. The van der Waals surface area contributed by atoms with E-state index in [0.29, 0.717) is 0 Å². The molecule has 1 rings (SSSR count). The number of hydrogen-bond donors (Lipinski definition) is 0. The molecule has 0 N–H and O–H groups in total. The summed E-state index contributed by atoms with van der Waals surface area (Å²) in [5, 5.41) is 18.1. The number of nitriles is 1. The van der Waals surface area contributed by atoms with Crippen LogP contribution in [0.25, 0.3) is 6.08 Å². The molecule has 0 aliphatic rings. The third kappa shape index (κ3) is 2.65. The van der Waals surface area contributed by atoms with Crippen LogP contribution in [-0.2, 0) is 0 Å². The summed E-state index contributed by atoms with van der Waals surface area (Å²) in [5.74, 6) is 0. The summed E-state index contributed by atoms with van der Waals surface area (Å²) in [4.78, 5) is 20.9. The van der Waals surface area contributed by atoms with Gasteiger partial charge < -0.3 is 0 Å². The van der Waals surface area contributed by atoms with Gasteiger partial charge in [-0.15, -0.1) is 0 Å². The quantitative estimate of drug-likeness (QED) is 0.349. The van der Waals surface area contributed by atoms with Crippen LogP contribution in [0, 0.1) is 21.4 Å². The van der Waals surface area contributed by atoms with E-state index < -0.39 is 10.2 Å². The number of allylic oxidation sites excluding steroid dienone is 1. The first-order valence-corrected chi connectivity index (χ1v) is 4.48. The molecule has 0 fully saturated rings. The minimum atomic E-state index is -0.729. The molecular formula is C10H5ClN2O3. The highest BCUT2D eigenvalue weighted by Crippen LogP contribution is 2.20. The lowest BCUT2D eigenvalue weighted by Gasteiger charge is -2.00. The van der Waals surface area contributed by atoms with Gasteiger partial charge in [0, 0.05) is 23.8 Å². The summed E-state index contributed by atoms with van der Waals surface area (Å²) in [6, 6.07) is 5.34. The predicted molar refractivity (Wildman–Crippen MR) is 57.9 cm³/mol. The summed E-state index contributed by atoms with van der Waals surface area (Å²) < 4.78 is 0. The van der Waals surface area contributed by atoms with Gasteiger partial charge in [0.2, 0.25) is 0 Å². The molecule has 0 radical (unpaired) electrons. The van der Waals surface area contributed by atoms with E-state index in [1.807, 2.05) is 0 Å². The monoisotopic (exact) mass is 236 g/mol. The number of carbonyl (C=O) groups is 1. The largest absolute Gasteiger partial charge is 0.276 e. The fourth-order valence-corrected chi connectivity index (χ4v) is 1.28. The van der Waals surface area contributed by atoms with Crippen molar-refractivity contribution in [3.8, 4) is 6.07 Å². The summed E-state index contributed by atoms with van der Waals surface area (Å²) in [6.07, 6.45) is 2.41. The van der Waals surface area contributed by atoms with Gasteiger partial charge >= 0.3 is 0 Å². The first-order valence-electron chi connectivity index (χ1n) is 4.10. The maximum absolute atomic E-state index is 11.0.